The van der Waals surface area contributed by atoms with Crippen LogP contribution in [0.4, 0.5) is 5.69 Å². The fourth-order valence-corrected chi connectivity index (χ4v) is 2.98. The molecule has 1 aromatic carbocycles. The highest BCUT2D eigenvalue weighted by molar-refractivity contribution is 7.14. The Labute approximate surface area is 124 Å². The first-order chi connectivity index (χ1) is 9.61. The van der Waals surface area contributed by atoms with Gasteiger partial charge in [-0.2, -0.15) is 0 Å². The molecule has 2 N–H and O–H groups in total. The average Bonchev–Trinajstić information content (AvgIpc) is 2.80. The number of hydrogen-bond donors (Lipinski definition) is 1. The Kier molecular flexibility index (Phi) is 4.79. The predicted octanol–water partition coefficient (Wildman–Crippen LogP) is 3.34. The van der Waals surface area contributed by atoms with E-state index in [1.807, 2.05) is 36.9 Å². The van der Waals surface area contributed by atoms with Crippen molar-refractivity contribution in [2.45, 2.75) is 20.3 Å². The second-order valence-corrected chi connectivity index (χ2v) is 6.00. The average molecular weight is 288 g/mol. The van der Waals surface area contributed by atoms with E-state index in [9.17, 15) is 4.79 Å². The second kappa shape index (κ2) is 6.57. The number of carbonyl (C=O) groups excluding carboxylic acids is 1. The number of amides is 1. The van der Waals surface area contributed by atoms with Crippen LogP contribution in [0.1, 0.15) is 27.0 Å². The van der Waals surface area contributed by atoms with Gasteiger partial charge in [0.05, 0.1) is 4.88 Å². The van der Waals surface area contributed by atoms with Gasteiger partial charge in [-0.05, 0) is 31.9 Å². The molecule has 0 atom stereocenters. The van der Waals surface area contributed by atoms with E-state index in [1.54, 1.807) is 6.07 Å². The molecule has 0 aliphatic heterocycles. The number of nitrogen functional groups attached to an aromatic ring is 1. The van der Waals surface area contributed by atoms with Crippen LogP contribution in [-0.2, 0) is 6.42 Å². The molecular formula is C16H20N2OS. The number of thiophene rings is 1. The number of benzene rings is 1. The lowest BCUT2D eigenvalue weighted by Crippen LogP contribution is -2.32. The third-order valence-electron chi connectivity index (χ3n) is 3.35. The molecule has 106 valence electrons. The number of anilines is 1. The van der Waals surface area contributed by atoms with Gasteiger partial charge in [0.25, 0.3) is 5.91 Å². The minimum atomic E-state index is 0.0771. The zero-order valence-electron chi connectivity index (χ0n) is 11.9. The monoisotopic (exact) mass is 288 g/mol. The fraction of sp³-hybridized carbons (Fsp3) is 0.312. The third kappa shape index (κ3) is 3.39. The highest BCUT2D eigenvalue weighted by Crippen LogP contribution is 2.24. The summed E-state index contributed by atoms with van der Waals surface area (Å²) in [6, 6.07) is 12.0. The number of rotatable bonds is 5. The van der Waals surface area contributed by atoms with Crippen LogP contribution < -0.4 is 5.73 Å². The number of hydrogen-bond acceptors (Lipinski definition) is 3. The van der Waals surface area contributed by atoms with Gasteiger partial charge in [-0.3, -0.25) is 4.79 Å². The minimum absolute atomic E-state index is 0.0771. The SMILES string of the molecule is CCN(CCc1ccccc1)C(=O)c1cc(N)c(C)s1. The van der Waals surface area contributed by atoms with E-state index in [0.29, 0.717) is 12.2 Å². The Hall–Kier alpha value is -1.81. The maximum Gasteiger partial charge on any atom is 0.264 e. The molecule has 0 bridgehead atoms. The van der Waals surface area contributed by atoms with Crippen LogP contribution in [0.3, 0.4) is 0 Å². The van der Waals surface area contributed by atoms with Gasteiger partial charge in [0.1, 0.15) is 0 Å². The van der Waals surface area contributed by atoms with E-state index in [2.05, 4.69) is 12.1 Å². The van der Waals surface area contributed by atoms with Crippen LogP contribution in [0.5, 0.6) is 0 Å². The standard InChI is InChI=1S/C16H20N2OS/c1-3-18(10-9-13-7-5-4-6-8-13)16(19)15-11-14(17)12(2)20-15/h4-8,11H,3,9-10,17H2,1-2H3. The molecule has 0 aliphatic carbocycles. The van der Waals surface area contributed by atoms with Gasteiger partial charge in [0, 0.05) is 23.7 Å². The molecule has 1 amide bonds. The fourth-order valence-electron chi connectivity index (χ4n) is 2.07. The number of likely N-dealkylation sites (N-methyl/N-ethyl adjacent to an activating group) is 1. The molecule has 0 aliphatic rings. The zero-order chi connectivity index (χ0) is 14.5. The number of aryl methyl sites for hydroxylation is 1. The van der Waals surface area contributed by atoms with Crippen molar-refractivity contribution in [1.29, 1.82) is 0 Å². The summed E-state index contributed by atoms with van der Waals surface area (Å²) in [7, 11) is 0. The second-order valence-electron chi connectivity index (χ2n) is 4.74. The summed E-state index contributed by atoms with van der Waals surface area (Å²) in [5, 5.41) is 0. The third-order valence-corrected chi connectivity index (χ3v) is 4.40. The Balaban J connectivity index is 2.02. The quantitative estimate of drug-likeness (QED) is 0.917. The Morgan fingerprint density at radius 3 is 2.55 bits per heavy atom. The van der Waals surface area contributed by atoms with E-state index in [4.69, 9.17) is 5.73 Å². The molecule has 0 fully saturated rings. The maximum absolute atomic E-state index is 12.4. The molecule has 4 heteroatoms. The lowest BCUT2D eigenvalue weighted by Gasteiger charge is -2.20. The summed E-state index contributed by atoms with van der Waals surface area (Å²) < 4.78 is 0. The van der Waals surface area contributed by atoms with Crippen LogP contribution in [-0.4, -0.2) is 23.9 Å². The van der Waals surface area contributed by atoms with Crippen LogP contribution in [0.25, 0.3) is 0 Å². The molecule has 1 heterocycles. The molecule has 20 heavy (non-hydrogen) atoms. The van der Waals surface area contributed by atoms with Crippen molar-refractivity contribution in [2.75, 3.05) is 18.8 Å². The molecule has 0 radical (unpaired) electrons. The van der Waals surface area contributed by atoms with E-state index in [-0.39, 0.29) is 5.91 Å². The molecule has 2 aromatic rings. The van der Waals surface area contributed by atoms with Gasteiger partial charge < -0.3 is 10.6 Å². The van der Waals surface area contributed by atoms with E-state index in [0.717, 1.165) is 22.7 Å². The summed E-state index contributed by atoms with van der Waals surface area (Å²) in [4.78, 5) is 16.1. The summed E-state index contributed by atoms with van der Waals surface area (Å²) in [5.74, 6) is 0.0771. The molecule has 2 rings (SSSR count). The number of nitrogens with zero attached hydrogens (tertiary/aromatic N) is 1. The molecule has 0 saturated carbocycles. The Morgan fingerprint density at radius 1 is 1.30 bits per heavy atom. The first-order valence-electron chi connectivity index (χ1n) is 6.81. The maximum atomic E-state index is 12.4. The predicted molar refractivity (Wildman–Crippen MR) is 85.2 cm³/mol. The van der Waals surface area contributed by atoms with Gasteiger partial charge >= 0.3 is 0 Å². The van der Waals surface area contributed by atoms with Crippen molar-refractivity contribution in [3.63, 3.8) is 0 Å². The molecule has 0 unspecified atom stereocenters. The summed E-state index contributed by atoms with van der Waals surface area (Å²) in [6.45, 7) is 5.39. The van der Waals surface area contributed by atoms with Crippen molar-refractivity contribution in [2.24, 2.45) is 0 Å². The Bertz CT molecular complexity index is 558. The van der Waals surface area contributed by atoms with E-state index >= 15 is 0 Å². The molecule has 1 aromatic heterocycles. The Morgan fingerprint density at radius 2 is 2.00 bits per heavy atom. The van der Waals surface area contributed by atoms with E-state index in [1.165, 1.54) is 16.9 Å². The van der Waals surface area contributed by atoms with Crippen molar-refractivity contribution >= 4 is 22.9 Å². The van der Waals surface area contributed by atoms with Crippen LogP contribution in [0.15, 0.2) is 36.4 Å². The first kappa shape index (κ1) is 14.6. The summed E-state index contributed by atoms with van der Waals surface area (Å²) in [5.41, 5.74) is 7.78. The zero-order valence-corrected chi connectivity index (χ0v) is 12.7. The molecule has 0 saturated heterocycles. The minimum Gasteiger partial charge on any atom is -0.398 e. The number of carbonyl (C=O) groups is 1. The van der Waals surface area contributed by atoms with E-state index < -0.39 is 0 Å². The summed E-state index contributed by atoms with van der Waals surface area (Å²) in [6.07, 6.45) is 0.875. The molecular weight excluding hydrogens is 268 g/mol. The van der Waals surface area contributed by atoms with Crippen LogP contribution >= 0.6 is 11.3 Å². The van der Waals surface area contributed by atoms with Gasteiger partial charge in [-0.15, -0.1) is 11.3 Å². The highest BCUT2D eigenvalue weighted by atomic mass is 32.1. The van der Waals surface area contributed by atoms with Gasteiger partial charge in [-0.25, -0.2) is 0 Å². The van der Waals surface area contributed by atoms with Crippen LogP contribution in [0.2, 0.25) is 0 Å². The van der Waals surface area contributed by atoms with Gasteiger partial charge in [0.15, 0.2) is 0 Å². The molecule has 0 spiro atoms. The molecule has 3 nitrogen and oxygen atoms in total. The van der Waals surface area contributed by atoms with Crippen LogP contribution in [0, 0.1) is 6.92 Å². The highest BCUT2D eigenvalue weighted by Gasteiger charge is 2.17. The largest absolute Gasteiger partial charge is 0.398 e. The normalized spacial score (nSPS) is 10.5. The lowest BCUT2D eigenvalue weighted by atomic mass is 10.1. The van der Waals surface area contributed by atoms with Crippen molar-refractivity contribution in [3.8, 4) is 0 Å². The van der Waals surface area contributed by atoms with Gasteiger partial charge in [-0.1, -0.05) is 30.3 Å². The summed E-state index contributed by atoms with van der Waals surface area (Å²) >= 11 is 1.47. The smallest absolute Gasteiger partial charge is 0.264 e. The van der Waals surface area contributed by atoms with Crippen molar-refractivity contribution in [3.05, 3.63) is 51.7 Å². The first-order valence-corrected chi connectivity index (χ1v) is 7.62. The number of nitrogens with two attached hydrogens (primary N) is 1. The van der Waals surface area contributed by atoms with Crippen molar-refractivity contribution < 1.29 is 4.79 Å². The van der Waals surface area contributed by atoms with Gasteiger partial charge in [0.2, 0.25) is 0 Å². The topological polar surface area (TPSA) is 46.3 Å². The lowest BCUT2D eigenvalue weighted by molar-refractivity contribution is 0.0771. The van der Waals surface area contributed by atoms with Crippen molar-refractivity contribution in [1.82, 2.24) is 4.90 Å².